The van der Waals surface area contributed by atoms with Crippen molar-refractivity contribution < 1.29 is 9.72 Å². The summed E-state index contributed by atoms with van der Waals surface area (Å²) in [5.41, 5.74) is 0. The topological polar surface area (TPSA) is 79.6 Å². The summed E-state index contributed by atoms with van der Waals surface area (Å²) < 4.78 is 0. The van der Waals surface area contributed by atoms with E-state index in [1.807, 2.05) is 0 Å². The highest BCUT2D eigenvalue weighted by Gasteiger charge is 2.38. The van der Waals surface area contributed by atoms with Gasteiger partial charge in [0.2, 0.25) is 11.7 Å². The van der Waals surface area contributed by atoms with Crippen LogP contribution in [0.2, 0.25) is 0 Å². The third-order valence-corrected chi connectivity index (χ3v) is 3.69. The number of nitro groups is 1. The normalized spacial score (nSPS) is 23.5. The molecule has 19 heavy (non-hydrogen) atoms. The molecule has 1 unspecified atom stereocenters. The van der Waals surface area contributed by atoms with E-state index in [2.05, 4.69) is 9.88 Å². The SMILES string of the molecule is O=C1CC(N2CCC2)CN1c1cccc([N+](=O)[O-])n1. The Hall–Kier alpha value is -2.02. The second-order valence-electron chi connectivity index (χ2n) is 4.86. The maximum atomic E-state index is 12.0. The lowest BCUT2D eigenvalue weighted by atomic mass is 10.1. The molecule has 0 aliphatic carbocycles. The molecule has 100 valence electrons. The van der Waals surface area contributed by atoms with Crippen molar-refractivity contribution in [1.29, 1.82) is 0 Å². The molecule has 7 nitrogen and oxygen atoms in total. The van der Waals surface area contributed by atoms with E-state index in [1.165, 1.54) is 12.5 Å². The van der Waals surface area contributed by atoms with Crippen LogP contribution in [0.25, 0.3) is 0 Å². The fourth-order valence-corrected chi connectivity index (χ4v) is 2.52. The second kappa shape index (κ2) is 4.58. The Morgan fingerprint density at radius 3 is 2.79 bits per heavy atom. The van der Waals surface area contributed by atoms with E-state index in [4.69, 9.17) is 0 Å². The van der Waals surface area contributed by atoms with Crippen LogP contribution >= 0.6 is 0 Å². The van der Waals surface area contributed by atoms with Gasteiger partial charge in [0.05, 0.1) is 0 Å². The summed E-state index contributed by atoms with van der Waals surface area (Å²) >= 11 is 0. The van der Waals surface area contributed by atoms with Gasteiger partial charge in [-0.05, 0) is 35.5 Å². The molecule has 0 radical (unpaired) electrons. The van der Waals surface area contributed by atoms with Gasteiger partial charge in [-0.1, -0.05) is 0 Å². The van der Waals surface area contributed by atoms with Crippen LogP contribution in [0.15, 0.2) is 18.2 Å². The van der Waals surface area contributed by atoms with Crippen molar-refractivity contribution >= 4 is 17.5 Å². The Labute approximate surface area is 110 Å². The number of pyridine rings is 1. The lowest BCUT2D eigenvalue weighted by Crippen LogP contribution is -2.46. The molecule has 1 amide bonds. The molecular weight excluding hydrogens is 248 g/mol. The van der Waals surface area contributed by atoms with Crippen LogP contribution in [0, 0.1) is 10.1 Å². The molecule has 2 fully saturated rings. The van der Waals surface area contributed by atoms with Crippen LogP contribution < -0.4 is 4.90 Å². The summed E-state index contributed by atoms with van der Waals surface area (Å²) in [6, 6.07) is 4.76. The Bertz CT molecular complexity index is 529. The molecule has 0 aromatic carbocycles. The van der Waals surface area contributed by atoms with Gasteiger partial charge in [0.1, 0.15) is 0 Å². The molecule has 3 rings (SSSR count). The van der Waals surface area contributed by atoms with E-state index in [0.717, 1.165) is 13.1 Å². The molecule has 0 N–H and O–H groups in total. The third kappa shape index (κ3) is 2.17. The number of carbonyl (C=O) groups excluding carboxylic acids is 1. The average molecular weight is 262 g/mol. The van der Waals surface area contributed by atoms with Gasteiger partial charge >= 0.3 is 5.82 Å². The van der Waals surface area contributed by atoms with Crippen LogP contribution in [0.1, 0.15) is 12.8 Å². The molecule has 1 atom stereocenters. The standard InChI is InChI=1S/C12H14N4O3/c17-12-7-9(14-5-2-6-14)8-15(12)10-3-1-4-11(13-10)16(18)19/h1,3-4,9H,2,5-8H2. The molecule has 0 spiro atoms. The number of likely N-dealkylation sites (tertiary alicyclic amines) is 1. The number of nitrogens with zero attached hydrogens (tertiary/aromatic N) is 4. The number of anilines is 1. The first-order valence-electron chi connectivity index (χ1n) is 6.31. The first kappa shape index (κ1) is 12.0. The molecule has 0 saturated carbocycles. The second-order valence-corrected chi connectivity index (χ2v) is 4.86. The predicted octanol–water partition coefficient (Wildman–Crippen LogP) is 0.801. The van der Waals surface area contributed by atoms with E-state index in [1.54, 1.807) is 17.0 Å². The molecule has 3 heterocycles. The van der Waals surface area contributed by atoms with Crippen LogP contribution in [-0.4, -0.2) is 46.4 Å². The minimum atomic E-state index is -0.545. The summed E-state index contributed by atoms with van der Waals surface area (Å²) in [4.78, 5) is 29.9. The Morgan fingerprint density at radius 1 is 1.37 bits per heavy atom. The first-order valence-corrected chi connectivity index (χ1v) is 6.31. The Kier molecular flexibility index (Phi) is 2.90. The van der Waals surface area contributed by atoms with Gasteiger partial charge < -0.3 is 10.1 Å². The molecule has 0 bridgehead atoms. The number of aromatic nitrogens is 1. The molecule has 2 saturated heterocycles. The number of rotatable bonds is 3. The zero-order chi connectivity index (χ0) is 13.4. The fraction of sp³-hybridized carbons (Fsp3) is 0.500. The van der Waals surface area contributed by atoms with E-state index in [9.17, 15) is 14.9 Å². The van der Waals surface area contributed by atoms with Crippen LogP contribution in [-0.2, 0) is 4.79 Å². The van der Waals surface area contributed by atoms with Gasteiger partial charge in [-0.3, -0.25) is 14.6 Å². The van der Waals surface area contributed by atoms with Gasteiger partial charge in [-0.15, -0.1) is 0 Å². The van der Waals surface area contributed by atoms with Gasteiger partial charge in [0.25, 0.3) is 0 Å². The molecule has 2 aliphatic heterocycles. The molecule has 7 heteroatoms. The maximum absolute atomic E-state index is 12.0. The minimum Gasteiger partial charge on any atom is -0.358 e. The van der Waals surface area contributed by atoms with Crippen LogP contribution in [0.3, 0.4) is 0 Å². The highest BCUT2D eigenvalue weighted by atomic mass is 16.6. The van der Waals surface area contributed by atoms with Crippen molar-refractivity contribution in [2.24, 2.45) is 0 Å². The van der Waals surface area contributed by atoms with Crippen molar-refractivity contribution in [3.63, 3.8) is 0 Å². The van der Waals surface area contributed by atoms with Crippen molar-refractivity contribution in [1.82, 2.24) is 9.88 Å². The lowest BCUT2D eigenvalue weighted by Gasteiger charge is -2.35. The molecule has 1 aromatic rings. The number of amides is 1. The minimum absolute atomic E-state index is 0.00935. The van der Waals surface area contributed by atoms with Gasteiger partial charge in [0, 0.05) is 31.1 Å². The lowest BCUT2D eigenvalue weighted by molar-refractivity contribution is -0.389. The number of hydrogen-bond donors (Lipinski definition) is 0. The third-order valence-electron chi connectivity index (χ3n) is 3.69. The Morgan fingerprint density at radius 2 is 2.16 bits per heavy atom. The zero-order valence-electron chi connectivity index (χ0n) is 10.4. The summed E-state index contributed by atoms with van der Waals surface area (Å²) in [5, 5.41) is 10.7. The predicted molar refractivity (Wildman–Crippen MR) is 67.8 cm³/mol. The highest BCUT2D eigenvalue weighted by molar-refractivity contribution is 5.95. The Balaban J connectivity index is 1.80. The molecule has 2 aliphatic rings. The summed E-state index contributed by atoms with van der Waals surface area (Å²) in [6.45, 7) is 2.65. The van der Waals surface area contributed by atoms with Crippen molar-refractivity contribution in [2.45, 2.75) is 18.9 Å². The summed E-state index contributed by atoms with van der Waals surface area (Å²) in [5.74, 6) is 0.143. The number of carbonyl (C=O) groups is 1. The summed E-state index contributed by atoms with van der Waals surface area (Å²) in [6.07, 6.45) is 1.66. The van der Waals surface area contributed by atoms with E-state index in [-0.39, 0.29) is 17.8 Å². The van der Waals surface area contributed by atoms with E-state index >= 15 is 0 Å². The largest absolute Gasteiger partial charge is 0.365 e. The average Bonchev–Trinajstić information content (AvgIpc) is 2.69. The fourth-order valence-electron chi connectivity index (χ4n) is 2.52. The van der Waals surface area contributed by atoms with E-state index in [0.29, 0.717) is 18.8 Å². The monoisotopic (exact) mass is 262 g/mol. The van der Waals surface area contributed by atoms with Gasteiger partial charge in [0.15, 0.2) is 0 Å². The zero-order valence-corrected chi connectivity index (χ0v) is 10.4. The first-order chi connectivity index (χ1) is 9.15. The maximum Gasteiger partial charge on any atom is 0.365 e. The van der Waals surface area contributed by atoms with Gasteiger partial charge in [-0.2, -0.15) is 0 Å². The molecular formula is C12H14N4O3. The summed E-state index contributed by atoms with van der Waals surface area (Å²) in [7, 11) is 0. The van der Waals surface area contributed by atoms with E-state index < -0.39 is 4.92 Å². The molecule has 1 aromatic heterocycles. The highest BCUT2D eigenvalue weighted by Crippen LogP contribution is 2.26. The van der Waals surface area contributed by atoms with Crippen LogP contribution in [0.5, 0.6) is 0 Å². The van der Waals surface area contributed by atoms with Crippen molar-refractivity contribution in [2.75, 3.05) is 24.5 Å². The quantitative estimate of drug-likeness (QED) is 0.594. The van der Waals surface area contributed by atoms with Crippen molar-refractivity contribution in [3.05, 3.63) is 28.3 Å². The smallest absolute Gasteiger partial charge is 0.358 e. The number of hydrogen-bond acceptors (Lipinski definition) is 5. The van der Waals surface area contributed by atoms with Gasteiger partial charge in [-0.25, -0.2) is 0 Å². The van der Waals surface area contributed by atoms with Crippen molar-refractivity contribution in [3.8, 4) is 0 Å². The van der Waals surface area contributed by atoms with Crippen LogP contribution in [0.4, 0.5) is 11.6 Å².